The molecule has 1 aliphatic rings. The monoisotopic (exact) mass is 271 g/mol. The molecule has 19 heavy (non-hydrogen) atoms. The second-order valence-corrected chi connectivity index (χ2v) is 4.99. The van der Waals surface area contributed by atoms with Crippen molar-refractivity contribution in [1.82, 2.24) is 15.1 Å². The van der Waals surface area contributed by atoms with Crippen molar-refractivity contribution in [3.8, 4) is 0 Å². The minimum atomic E-state index is -0.0881. The SMILES string of the molecule is CCOCCCN[C@@H](C)C(=O)N1CCN(CC)CC1. The first-order chi connectivity index (χ1) is 9.19. The third-order valence-corrected chi connectivity index (χ3v) is 3.62. The highest BCUT2D eigenvalue weighted by atomic mass is 16.5. The maximum Gasteiger partial charge on any atom is 0.239 e. The summed E-state index contributed by atoms with van der Waals surface area (Å²) < 4.78 is 5.28. The number of nitrogens with one attached hydrogen (secondary N) is 1. The molecule has 0 radical (unpaired) electrons. The van der Waals surface area contributed by atoms with Crippen LogP contribution in [0.3, 0.4) is 0 Å². The van der Waals surface area contributed by atoms with Gasteiger partial charge in [-0.2, -0.15) is 0 Å². The summed E-state index contributed by atoms with van der Waals surface area (Å²) in [6.45, 7) is 13.3. The molecule has 5 nitrogen and oxygen atoms in total. The van der Waals surface area contributed by atoms with Crippen LogP contribution in [-0.2, 0) is 9.53 Å². The number of hydrogen-bond donors (Lipinski definition) is 1. The largest absolute Gasteiger partial charge is 0.382 e. The van der Waals surface area contributed by atoms with Gasteiger partial charge in [0.05, 0.1) is 6.04 Å². The van der Waals surface area contributed by atoms with E-state index in [9.17, 15) is 4.79 Å². The van der Waals surface area contributed by atoms with Gasteiger partial charge in [-0.05, 0) is 33.4 Å². The fourth-order valence-corrected chi connectivity index (χ4v) is 2.28. The molecular formula is C14H29N3O2. The van der Waals surface area contributed by atoms with Gasteiger partial charge < -0.3 is 19.9 Å². The molecule has 0 aromatic rings. The Morgan fingerprint density at radius 2 is 1.95 bits per heavy atom. The summed E-state index contributed by atoms with van der Waals surface area (Å²) in [6.07, 6.45) is 0.953. The van der Waals surface area contributed by atoms with Crippen LogP contribution in [0.1, 0.15) is 27.2 Å². The highest BCUT2D eigenvalue weighted by Crippen LogP contribution is 2.03. The average Bonchev–Trinajstić information content (AvgIpc) is 2.46. The summed E-state index contributed by atoms with van der Waals surface area (Å²) >= 11 is 0. The molecule has 1 fully saturated rings. The number of nitrogens with zero attached hydrogens (tertiary/aromatic N) is 2. The zero-order chi connectivity index (χ0) is 14.1. The standard InChI is InChI=1S/C14H29N3O2/c1-4-16-8-10-17(11-9-16)14(18)13(3)15-7-6-12-19-5-2/h13,15H,4-12H2,1-3H3/t13-/m0/s1. The number of amides is 1. The minimum Gasteiger partial charge on any atom is -0.382 e. The van der Waals surface area contributed by atoms with Gasteiger partial charge in [-0.25, -0.2) is 0 Å². The van der Waals surface area contributed by atoms with E-state index in [-0.39, 0.29) is 11.9 Å². The fourth-order valence-electron chi connectivity index (χ4n) is 2.28. The Kier molecular flexibility index (Phi) is 8.02. The fraction of sp³-hybridized carbons (Fsp3) is 0.929. The molecule has 1 aliphatic heterocycles. The van der Waals surface area contributed by atoms with Gasteiger partial charge in [-0.1, -0.05) is 6.92 Å². The predicted molar refractivity (Wildman–Crippen MR) is 77.3 cm³/mol. The van der Waals surface area contributed by atoms with Crippen molar-refractivity contribution in [3.63, 3.8) is 0 Å². The Labute approximate surface area is 117 Å². The van der Waals surface area contributed by atoms with Crippen molar-refractivity contribution in [1.29, 1.82) is 0 Å². The molecular weight excluding hydrogens is 242 g/mol. The second kappa shape index (κ2) is 9.28. The topological polar surface area (TPSA) is 44.8 Å². The van der Waals surface area contributed by atoms with E-state index in [2.05, 4.69) is 17.1 Å². The first-order valence-electron chi connectivity index (χ1n) is 7.51. The van der Waals surface area contributed by atoms with E-state index in [0.717, 1.165) is 58.9 Å². The molecule has 112 valence electrons. The Morgan fingerprint density at radius 1 is 1.26 bits per heavy atom. The summed E-state index contributed by atoms with van der Waals surface area (Å²) in [7, 11) is 0. The highest BCUT2D eigenvalue weighted by molar-refractivity contribution is 5.81. The van der Waals surface area contributed by atoms with E-state index in [0.29, 0.717) is 0 Å². The zero-order valence-electron chi connectivity index (χ0n) is 12.7. The first-order valence-corrected chi connectivity index (χ1v) is 7.51. The normalized spacial score (nSPS) is 18.6. The lowest BCUT2D eigenvalue weighted by Crippen LogP contribution is -2.53. The molecule has 0 spiro atoms. The lowest BCUT2D eigenvalue weighted by Gasteiger charge is -2.35. The van der Waals surface area contributed by atoms with Gasteiger partial charge in [-0.15, -0.1) is 0 Å². The number of ether oxygens (including phenoxy) is 1. The Morgan fingerprint density at radius 3 is 2.53 bits per heavy atom. The number of rotatable bonds is 8. The maximum absolute atomic E-state index is 12.2. The van der Waals surface area contributed by atoms with Crippen LogP contribution in [-0.4, -0.2) is 74.2 Å². The predicted octanol–water partition coefficient (Wildman–Crippen LogP) is 0.555. The number of carbonyl (C=O) groups excluding carboxylic acids is 1. The summed E-state index contributed by atoms with van der Waals surface area (Å²) in [4.78, 5) is 16.6. The van der Waals surface area contributed by atoms with Gasteiger partial charge in [-0.3, -0.25) is 4.79 Å². The number of carbonyl (C=O) groups is 1. The molecule has 1 N–H and O–H groups in total. The van der Waals surface area contributed by atoms with Crippen LogP contribution in [0.25, 0.3) is 0 Å². The van der Waals surface area contributed by atoms with Crippen molar-refractivity contribution < 1.29 is 9.53 Å². The van der Waals surface area contributed by atoms with Crippen LogP contribution in [0, 0.1) is 0 Å². The van der Waals surface area contributed by atoms with Gasteiger partial charge >= 0.3 is 0 Å². The number of piperazine rings is 1. The van der Waals surface area contributed by atoms with E-state index < -0.39 is 0 Å². The van der Waals surface area contributed by atoms with Gasteiger partial charge in [0, 0.05) is 39.4 Å². The minimum absolute atomic E-state index is 0.0881. The summed E-state index contributed by atoms with van der Waals surface area (Å²) in [5, 5.41) is 3.28. The van der Waals surface area contributed by atoms with Gasteiger partial charge in [0.25, 0.3) is 0 Å². The Bertz CT molecular complexity index is 253. The lowest BCUT2D eigenvalue weighted by molar-refractivity contribution is -0.134. The highest BCUT2D eigenvalue weighted by Gasteiger charge is 2.23. The van der Waals surface area contributed by atoms with Crippen LogP contribution >= 0.6 is 0 Å². The molecule has 0 unspecified atom stereocenters. The van der Waals surface area contributed by atoms with Crippen molar-refractivity contribution in [3.05, 3.63) is 0 Å². The van der Waals surface area contributed by atoms with Gasteiger partial charge in [0.1, 0.15) is 0 Å². The first kappa shape index (κ1) is 16.4. The van der Waals surface area contributed by atoms with Crippen molar-refractivity contribution in [2.75, 3.05) is 52.5 Å². The summed E-state index contributed by atoms with van der Waals surface area (Å²) in [5.41, 5.74) is 0. The second-order valence-electron chi connectivity index (χ2n) is 4.99. The third kappa shape index (κ3) is 5.89. The molecule has 0 aliphatic carbocycles. The quantitative estimate of drug-likeness (QED) is 0.655. The Balaban J connectivity index is 2.17. The van der Waals surface area contributed by atoms with E-state index >= 15 is 0 Å². The van der Waals surface area contributed by atoms with Crippen molar-refractivity contribution in [2.45, 2.75) is 33.2 Å². The maximum atomic E-state index is 12.2. The van der Waals surface area contributed by atoms with E-state index in [4.69, 9.17) is 4.74 Å². The zero-order valence-corrected chi connectivity index (χ0v) is 12.7. The van der Waals surface area contributed by atoms with E-state index in [1.165, 1.54) is 0 Å². The molecule has 0 aromatic heterocycles. The summed E-state index contributed by atoms with van der Waals surface area (Å²) in [5.74, 6) is 0.229. The van der Waals surface area contributed by atoms with E-state index in [1.807, 2.05) is 18.7 Å². The lowest BCUT2D eigenvalue weighted by atomic mass is 10.2. The van der Waals surface area contributed by atoms with Crippen LogP contribution in [0.5, 0.6) is 0 Å². The Hall–Kier alpha value is -0.650. The number of likely N-dealkylation sites (N-methyl/N-ethyl adjacent to an activating group) is 1. The molecule has 0 bridgehead atoms. The van der Waals surface area contributed by atoms with Crippen LogP contribution in [0.15, 0.2) is 0 Å². The molecule has 1 saturated heterocycles. The molecule has 0 saturated carbocycles. The average molecular weight is 271 g/mol. The van der Waals surface area contributed by atoms with Gasteiger partial charge in [0.15, 0.2) is 0 Å². The molecule has 1 atom stereocenters. The van der Waals surface area contributed by atoms with E-state index in [1.54, 1.807) is 0 Å². The molecule has 1 amide bonds. The van der Waals surface area contributed by atoms with Crippen molar-refractivity contribution >= 4 is 5.91 Å². The van der Waals surface area contributed by atoms with Crippen LogP contribution < -0.4 is 5.32 Å². The van der Waals surface area contributed by atoms with Crippen LogP contribution in [0.4, 0.5) is 0 Å². The van der Waals surface area contributed by atoms with Gasteiger partial charge in [0.2, 0.25) is 5.91 Å². The van der Waals surface area contributed by atoms with Crippen molar-refractivity contribution in [2.24, 2.45) is 0 Å². The molecule has 0 aromatic carbocycles. The smallest absolute Gasteiger partial charge is 0.239 e. The third-order valence-electron chi connectivity index (χ3n) is 3.62. The molecule has 1 heterocycles. The molecule has 1 rings (SSSR count). The molecule has 5 heteroatoms. The summed E-state index contributed by atoms with van der Waals surface area (Å²) in [6, 6.07) is -0.0881. The van der Waals surface area contributed by atoms with Crippen LogP contribution in [0.2, 0.25) is 0 Å². The number of hydrogen-bond acceptors (Lipinski definition) is 4.